The van der Waals surface area contributed by atoms with Crippen LogP contribution in [0.15, 0.2) is 97.1 Å². The summed E-state index contributed by atoms with van der Waals surface area (Å²) >= 11 is 1.47. The number of fused-ring (bicyclic) bond motifs is 3. The van der Waals surface area contributed by atoms with Gasteiger partial charge in [-0.3, -0.25) is 14.4 Å². The van der Waals surface area contributed by atoms with Crippen molar-refractivity contribution in [1.82, 2.24) is 15.4 Å². The van der Waals surface area contributed by atoms with Gasteiger partial charge in [0.15, 0.2) is 11.5 Å². The Kier molecular flexibility index (Phi) is 10.1. The Morgan fingerprint density at radius 3 is 2.55 bits per heavy atom. The minimum atomic E-state index is -0.921. The summed E-state index contributed by atoms with van der Waals surface area (Å²) in [7, 11) is 0. The Bertz CT molecular complexity index is 1760. The Morgan fingerprint density at radius 1 is 0.959 bits per heavy atom. The average molecular weight is 678 g/mol. The van der Waals surface area contributed by atoms with Gasteiger partial charge in [0, 0.05) is 18.8 Å². The number of rotatable bonds is 8. The topological polar surface area (TPSA) is 97.8 Å². The Balaban J connectivity index is 1.14. The van der Waals surface area contributed by atoms with Crippen LogP contribution in [0.4, 0.5) is 0 Å². The van der Waals surface area contributed by atoms with E-state index in [-0.39, 0.29) is 42.0 Å². The van der Waals surface area contributed by atoms with Crippen molar-refractivity contribution in [2.45, 2.75) is 76.4 Å². The lowest BCUT2D eigenvalue weighted by atomic mass is 9.90. The summed E-state index contributed by atoms with van der Waals surface area (Å²) in [5, 5.41) is 0.538. The molecule has 1 saturated carbocycles. The second-order valence-corrected chi connectivity index (χ2v) is 14.7. The number of hydroxylamine groups is 1. The number of thiazole rings is 1. The normalized spacial score (nSPS) is 26.6. The summed E-state index contributed by atoms with van der Waals surface area (Å²) in [6, 6.07) is 26.6. The number of ketones is 1. The van der Waals surface area contributed by atoms with E-state index in [1.54, 1.807) is 17.0 Å². The van der Waals surface area contributed by atoms with Crippen molar-refractivity contribution in [2.75, 3.05) is 6.54 Å². The molecule has 1 aromatic heterocycles. The summed E-state index contributed by atoms with van der Waals surface area (Å²) < 4.78 is 7.44. The molecule has 1 saturated heterocycles. The fraction of sp³-hybridized carbons (Fsp3) is 0.400. The zero-order valence-corrected chi connectivity index (χ0v) is 28.5. The third-order valence-electron chi connectivity index (χ3n) is 10.3. The number of nitrogens with zero attached hydrogens (tertiary/aromatic N) is 2. The molecule has 4 aromatic rings. The number of carbonyl (C=O) groups is 3. The number of ether oxygens (including phenoxy) is 1. The molecule has 2 amide bonds. The highest BCUT2D eigenvalue weighted by Crippen LogP contribution is 2.57. The first-order valence-electron chi connectivity index (χ1n) is 17.6. The largest absolute Gasteiger partial charge is 0.465 e. The van der Waals surface area contributed by atoms with Gasteiger partial charge in [0.05, 0.1) is 28.2 Å². The summed E-state index contributed by atoms with van der Waals surface area (Å²) in [6.07, 6.45) is 11.0. The second kappa shape index (κ2) is 14.9. The molecule has 2 fully saturated rings. The van der Waals surface area contributed by atoms with Crippen LogP contribution in [0.3, 0.4) is 0 Å². The van der Waals surface area contributed by atoms with Gasteiger partial charge in [-0.2, -0.15) is 5.48 Å². The van der Waals surface area contributed by atoms with E-state index in [4.69, 9.17) is 9.57 Å². The van der Waals surface area contributed by atoms with E-state index < -0.39 is 11.5 Å². The number of para-hydroxylation sites is 2. The Morgan fingerprint density at radius 2 is 1.73 bits per heavy atom. The maximum absolute atomic E-state index is 14.5. The number of nitrogens with one attached hydrogen (secondary N) is 1. The molecule has 9 heteroatoms. The number of amides is 2. The van der Waals surface area contributed by atoms with Crippen LogP contribution in [0.25, 0.3) is 10.2 Å². The lowest BCUT2D eigenvalue weighted by molar-refractivity contribution is -0.143. The lowest BCUT2D eigenvalue weighted by Gasteiger charge is -2.29. The number of allylic oxidation sites excluding steroid dienone is 2. The molecule has 8 nitrogen and oxygen atoms in total. The zero-order valence-electron chi connectivity index (χ0n) is 27.7. The molecule has 0 radical (unpaired) electrons. The molecular weight excluding hydrogens is 635 g/mol. The molecule has 0 unspecified atom stereocenters. The van der Waals surface area contributed by atoms with E-state index in [9.17, 15) is 14.4 Å². The summed E-state index contributed by atoms with van der Waals surface area (Å²) in [4.78, 5) is 54.8. The molecule has 3 aromatic carbocycles. The first-order chi connectivity index (χ1) is 24.0. The number of hydrogen-bond acceptors (Lipinski definition) is 7. The van der Waals surface area contributed by atoms with Crippen molar-refractivity contribution in [3.05, 3.63) is 103 Å². The Hall–Kier alpha value is -4.50. The van der Waals surface area contributed by atoms with Crippen LogP contribution < -0.4 is 15.1 Å². The van der Waals surface area contributed by atoms with Crippen LogP contribution in [-0.4, -0.2) is 46.2 Å². The van der Waals surface area contributed by atoms with E-state index in [0.717, 1.165) is 55.2 Å². The van der Waals surface area contributed by atoms with Crippen molar-refractivity contribution in [2.24, 2.45) is 17.3 Å². The van der Waals surface area contributed by atoms with Gasteiger partial charge in [-0.05, 0) is 74.3 Å². The molecular formula is C40H43N3O5S. The molecule has 3 heterocycles. The zero-order chi connectivity index (χ0) is 33.6. The van der Waals surface area contributed by atoms with E-state index in [1.165, 1.54) is 16.9 Å². The maximum Gasteiger partial charge on any atom is 0.274 e. The van der Waals surface area contributed by atoms with Gasteiger partial charge in [0.1, 0.15) is 6.10 Å². The number of Topliss-reactive ketones (excluding diaryl/α,β-unsaturated/α-hetero) is 1. The van der Waals surface area contributed by atoms with Crippen LogP contribution in [0.2, 0.25) is 0 Å². The molecule has 1 N–H and O–H groups in total. The van der Waals surface area contributed by atoms with Gasteiger partial charge in [0.2, 0.25) is 5.91 Å². The first-order valence-corrected chi connectivity index (χ1v) is 18.4. The standard InChI is InChI=1S/C40H43N3O5S/c44-35-26-40(38(46)42-48-31-18-10-5-11-19-31)25-30(40)17-9-3-1-2-8-16-29(23-22-28-14-6-4-7-15-28)37(45)43-27-32(24-34(35)43)47-39-41-33-20-12-13-21-36(33)49-39/h4-7,9-15,17-21,29-30,32,34H,1-3,8,16,22-27H2,(H,42,46)/b17-9-/t29-,30-,32-,34+,40-/m1/s1. The highest BCUT2D eigenvalue weighted by Gasteiger charge is 2.61. The van der Waals surface area contributed by atoms with Crippen molar-refractivity contribution >= 4 is 39.2 Å². The molecule has 5 atom stereocenters. The van der Waals surface area contributed by atoms with Crippen molar-refractivity contribution < 1.29 is 24.0 Å². The van der Waals surface area contributed by atoms with Crippen LogP contribution in [-0.2, 0) is 20.8 Å². The fourth-order valence-electron chi connectivity index (χ4n) is 7.43. The third-order valence-corrected chi connectivity index (χ3v) is 11.2. The van der Waals surface area contributed by atoms with Gasteiger partial charge in [-0.1, -0.05) is 97.0 Å². The van der Waals surface area contributed by atoms with E-state index >= 15 is 0 Å². The van der Waals surface area contributed by atoms with Gasteiger partial charge in [0.25, 0.3) is 11.1 Å². The SMILES string of the molecule is O=C1C[C@]2(C(=O)NOc3ccccc3)C[C@H]2/C=C\CCCCC[C@H](CCc2ccccc2)C(=O)N2C[C@H](Oc3nc4ccccc4s3)C[C@@H]12. The highest BCUT2D eigenvalue weighted by atomic mass is 32.1. The van der Waals surface area contributed by atoms with E-state index in [1.807, 2.05) is 60.7 Å². The van der Waals surface area contributed by atoms with Gasteiger partial charge < -0.3 is 14.5 Å². The summed E-state index contributed by atoms with van der Waals surface area (Å²) in [5.74, 6) is -0.153. The molecule has 0 bridgehead atoms. The number of aryl methyl sites for hydroxylation is 1. The predicted molar refractivity (Wildman–Crippen MR) is 190 cm³/mol. The molecule has 0 spiro atoms. The monoisotopic (exact) mass is 677 g/mol. The van der Waals surface area contributed by atoms with Gasteiger partial charge in [-0.15, -0.1) is 0 Å². The van der Waals surface area contributed by atoms with Crippen molar-refractivity contribution in [3.8, 4) is 10.9 Å². The smallest absolute Gasteiger partial charge is 0.274 e. The van der Waals surface area contributed by atoms with Gasteiger partial charge in [-0.25, -0.2) is 4.98 Å². The summed E-state index contributed by atoms with van der Waals surface area (Å²) in [6.45, 7) is 0.312. The van der Waals surface area contributed by atoms with E-state index in [0.29, 0.717) is 30.3 Å². The quantitative estimate of drug-likeness (QED) is 0.153. The van der Waals surface area contributed by atoms with Crippen LogP contribution in [0.1, 0.15) is 63.4 Å². The van der Waals surface area contributed by atoms with E-state index in [2.05, 4.69) is 34.7 Å². The van der Waals surface area contributed by atoms with Gasteiger partial charge >= 0.3 is 0 Å². The number of carbonyl (C=O) groups excluding carboxylic acids is 3. The minimum absolute atomic E-state index is 0.0101. The molecule has 3 aliphatic rings. The Labute approximate surface area is 291 Å². The molecule has 254 valence electrons. The number of benzene rings is 3. The number of hydrogen-bond donors (Lipinski definition) is 1. The predicted octanol–water partition coefficient (Wildman–Crippen LogP) is 7.49. The summed E-state index contributed by atoms with van der Waals surface area (Å²) in [5.41, 5.74) is 3.78. The third kappa shape index (κ3) is 7.72. The highest BCUT2D eigenvalue weighted by molar-refractivity contribution is 7.20. The van der Waals surface area contributed by atoms with Crippen molar-refractivity contribution in [1.29, 1.82) is 0 Å². The lowest BCUT2D eigenvalue weighted by Crippen LogP contribution is -2.46. The molecule has 7 rings (SSSR count). The average Bonchev–Trinajstić information content (AvgIpc) is 3.43. The fourth-order valence-corrected chi connectivity index (χ4v) is 8.31. The van der Waals surface area contributed by atoms with Crippen molar-refractivity contribution in [3.63, 3.8) is 0 Å². The number of aromatic nitrogens is 1. The second-order valence-electron chi connectivity index (χ2n) is 13.7. The van der Waals surface area contributed by atoms with Crippen LogP contribution in [0, 0.1) is 17.3 Å². The first kappa shape index (κ1) is 33.0. The van der Waals surface area contributed by atoms with Crippen LogP contribution >= 0.6 is 11.3 Å². The minimum Gasteiger partial charge on any atom is -0.465 e. The maximum atomic E-state index is 14.5. The van der Waals surface area contributed by atoms with Crippen LogP contribution in [0.5, 0.6) is 10.9 Å². The molecule has 1 aliphatic carbocycles. The molecule has 49 heavy (non-hydrogen) atoms. The molecule has 2 aliphatic heterocycles.